The molecule has 0 aliphatic heterocycles. The lowest BCUT2D eigenvalue weighted by molar-refractivity contribution is 0.0968. The summed E-state index contributed by atoms with van der Waals surface area (Å²) in [6.45, 7) is 0. The first-order valence-corrected chi connectivity index (χ1v) is 5.74. The summed E-state index contributed by atoms with van der Waals surface area (Å²) in [5.74, 6) is 0.271. The first kappa shape index (κ1) is 12.0. The highest BCUT2D eigenvalue weighted by Crippen LogP contribution is 2.33. The van der Waals surface area contributed by atoms with Crippen molar-refractivity contribution in [1.82, 2.24) is 0 Å². The average molecular weight is 237 g/mol. The molecule has 1 aliphatic carbocycles. The van der Waals surface area contributed by atoms with Crippen LogP contribution in [-0.4, -0.2) is 18.9 Å². The molecule has 4 heteroatoms. The second-order valence-corrected chi connectivity index (χ2v) is 4.47. The van der Waals surface area contributed by atoms with Crippen LogP contribution in [0, 0.1) is 11.7 Å². The van der Waals surface area contributed by atoms with Gasteiger partial charge in [-0.25, -0.2) is 4.39 Å². The molecule has 0 spiro atoms. The third kappa shape index (κ3) is 2.82. The fraction of sp³-hybridized carbons (Fsp3) is 0.462. The molecule has 1 aliphatic rings. The van der Waals surface area contributed by atoms with Crippen molar-refractivity contribution >= 4 is 5.78 Å². The molecule has 0 aromatic heterocycles. The number of ketones is 1. The molecule has 2 N–H and O–H groups in total. The molecular weight excluding hydrogens is 221 g/mol. The Balaban J connectivity index is 2.14. The highest BCUT2D eigenvalue weighted by molar-refractivity contribution is 5.99. The summed E-state index contributed by atoms with van der Waals surface area (Å²) in [7, 11) is 1.46. The van der Waals surface area contributed by atoms with Crippen molar-refractivity contribution in [2.45, 2.75) is 25.3 Å². The molecule has 92 valence electrons. The van der Waals surface area contributed by atoms with Crippen LogP contribution in [0.4, 0.5) is 4.39 Å². The van der Waals surface area contributed by atoms with Gasteiger partial charge in [0.15, 0.2) is 5.78 Å². The van der Waals surface area contributed by atoms with Crippen molar-refractivity contribution in [3.05, 3.63) is 29.6 Å². The zero-order valence-corrected chi connectivity index (χ0v) is 9.78. The number of hydrogen-bond acceptors (Lipinski definition) is 3. The van der Waals surface area contributed by atoms with E-state index < -0.39 is 5.82 Å². The number of carbonyl (C=O) groups excluding carboxylic acids is 1. The molecule has 0 radical (unpaired) electrons. The molecule has 2 rings (SSSR count). The molecule has 17 heavy (non-hydrogen) atoms. The predicted molar refractivity (Wildman–Crippen MR) is 62.6 cm³/mol. The van der Waals surface area contributed by atoms with Gasteiger partial charge >= 0.3 is 0 Å². The number of rotatable bonds is 5. The Morgan fingerprint density at radius 3 is 2.88 bits per heavy atom. The summed E-state index contributed by atoms with van der Waals surface area (Å²) < 4.78 is 18.2. The van der Waals surface area contributed by atoms with Crippen LogP contribution < -0.4 is 10.5 Å². The van der Waals surface area contributed by atoms with E-state index in [-0.39, 0.29) is 23.8 Å². The smallest absolute Gasteiger partial charge is 0.168 e. The Labute approximate surface area is 99.8 Å². The van der Waals surface area contributed by atoms with Crippen molar-refractivity contribution in [1.29, 1.82) is 0 Å². The standard InChI is InChI=1S/C13H16FNO2/c1-17-13-5-4-9(14)6-10(13)12(16)7-11(15)8-2-3-8/h4-6,8,11H,2-3,7,15H2,1H3. The lowest BCUT2D eigenvalue weighted by Gasteiger charge is -2.11. The van der Waals surface area contributed by atoms with Crippen LogP contribution in [0.3, 0.4) is 0 Å². The number of halogens is 1. The van der Waals surface area contributed by atoms with E-state index in [1.165, 1.54) is 25.3 Å². The van der Waals surface area contributed by atoms with Crippen LogP contribution in [0.1, 0.15) is 29.6 Å². The van der Waals surface area contributed by atoms with Gasteiger partial charge in [0.25, 0.3) is 0 Å². The number of carbonyl (C=O) groups is 1. The Kier molecular flexibility index (Phi) is 3.43. The van der Waals surface area contributed by atoms with Gasteiger partial charge < -0.3 is 10.5 Å². The summed E-state index contributed by atoms with van der Waals surface area (Å²) in [4.78, 5) is 12.0. The lowest BCUT2D eigenvalue weighted by atomic mass is 10.0. The Hall–Kier alpha value is -1.42. The van der Waals surface area contributed by atoms with Gasteiger partial charge in [0.2, 0.25) is 0 Å². The minimum absolute atomic E-state index is 0.115. The second-order valence-electron chi connectivity index (χ2n) is 4.47. The minimum Gasteiger partial charge on any atom is -0.496 e. The number of ether oxygens (including phenoxy) is 1. The SMILES string of the molecule is COc1ccc(F)cc1C(=O)CC(N)C1CC1. The fourth-order valence-electron chi connectivity index (χ4n) is 1.91. The average Bonchev–Trinajstić information content (AvgIpc) is 3.12. The highest BCUT2D eigenvalue weighted by Gasteiger charge is 2.30. The molecule has 1 atom stereocenters. The van der Waals surface area contributed by atoms with Crippen molar-refractivity contribution in [2.24, 2.45) is 11.7 Å². The van der Waals surface area contributed by atoms with Crippen LogP contribution in [-0.2, 0) is 0 Å². The third-order valence-electron chi connectivity index (χ3n) is 3.11. The molecule has 1 fully saturated rings. The van der Waals surface area contributed by atoms with Gasteiger partial charge in [-0.2, -0.15) is 0 Å². The van der Waals surface area contributed by atoms with Gasteiger partial charge in [-0.15, -0.1) is 0 Å². The van der Waals surface area contributed by atoms with Crippen LogP contribution in [0.2, 0.25) is 0 Å². The van der Waals surface area contributed by atoms with Crippen LogP contribution >= 0.6 is 0 Å². The van der Waals surface area contributed by atoms with E-state index in [1.807, 2.05) is 0 Å². The van der Waals surface area contributed by atoms with E-state index in [2.05, 4.69) is 0 Å². The third-order valence-corrected chi connectivity index (χ3v) is 3.11. The zero-order chi connectivity index (χ0) is 12.4. The summed E-state index contributed by atoms with van der Waals surface area (Å²) in [6, 6.07) is 3.83. The van der Waals surface area contributed by atoms with E-state index in [4.69, 9.17) is 10.5 Å². The van der Waals surface area contributed by atoms with E-state index in [1.54, 1.807) is 0 Å². The molecule has 1 saturated carbocycles. The number of Topliss-reactive ketones (excluding diaryl/α,β-unsaturated/α-hetero) is 1. The van der Waals surface area contributed by atoms with Gasteiger partial charge in [-0.1, -0.05) is 0 Å². The summed E-state index contributed by atoms with van der Waals surface area (Å²) in [5, 5.41) is 0. The topological polar surface area (TPSA) is 52.3 Å². The highest BCUT2D eigenvalue weighted by atomic mass is 19.1. The molecule has 0 saturated heterocycles. The molecule has 1 aromatic carbocycles. The zero-order valence-electron chi connectivity index (χ0n) is 9.78. The van der Waals surface area contributed by atoms with Crippen LogP contribution in [0.5, 0.6) is 5.75 Å². The van der Waals surface area contributed by atoms with Gasteiger partial charge in [-0.3, -0.25) is 4.79 Å². The molecule has 1 aromatic rings. The van der Waals surface area contributed by atoms with Gasteiger partial charge in [0.1, 0.15) is 11.6 Å². The lowest BCUT2D eigenvalue weighted by Crippen LogP contribution is -2.26. The van der Waals surface area contributed by atoms with Crippen LogP contribution in [0.15, 0.2) is 18.2 Å². The predicted octanol–water partition coefficient (Wildman–Crippen LogP) is 2.14. The summed E-state index contributed by atoms with van der Waals surface area (Å²) in [6.07, 6.45) is 2.44. The Bertz CT molecular complexity index is 429. The minimum atomic E-state index is -0.436. The molecule has 1 unspecified atom stereocenters. The van der Waals surface area contributed by atoms with Gasteiger partial charge in [0.05, 0.1) is 12.7 Å². The number of hydrogen-bond donors (Lipinski definition) is 1. The van der Waals surface area contributed by atoms with E-state index in [0.717, 1.165) is 12.8 Å². The maximum absolute atomic E-state index is 13.1. The summed E-state index contributed by atoms with van der Waals surface area (Å²) in [5.41, 5.74) is 6.17. The van der Waals surface area contributed by atoms with Gasteiger partial charge in [0, 0.05) is 12.5 Å². The fourth-order valence-corrected chi connectivity index (χ4v) is 1.91. The monoisotopic (exact) mass is 237 g/mol. The van der Waals surface area contributed by atoms with Crippen molar-refractivity contribution in [2.75, 3.05) is 7.11 Å². The first-order chi connectivity index (χ1) is 8.11. The number of nitrogens with two attached hydrogens (primary N) is 1. The van der Waals surface area contributed by atoms with Crippen molar-refractivity contribution in [3.63, 3.8) is 0 Å². The van der Waals surface area contributed by atoms with E-state index in [9.17, 15) is 9.18 Å². The van der Waals surface area contributed by atoms with Crippen molar-refractivity contribution < 1.29 is 13.9 Å². The Morgan fingerprint density at radius 2 is 2.29 bits per heavy atom. The first-order valence-electron chi connectivity index (χ1n) is 5.74. The van der Waals surface area contributed by atoms with E-state index in [0.29, 0.717) is 11.7 Å². The maximum Gasteiger partial charge on any atom is 0.168 e. The number of methoxy groups -OCH3 is 1. The molecule has 0 heterocycles. The molecular formula is C13H16FNO2. The van der Waals surface area contributed by atoms with Crippen molar-refractivity contribution in [3.8, 4) is 5.75 Å². The van der Waals surface area contributed by atoms with E-state index >= 15 is 0 Å². The molecule has 0 bridgehead atoms. The quantitative estimate of drug-likeness (QED) is 0.798. The normalized spacial score (nSPS) is 16.6. The number of benzene rings is 1. The van der Waals surface area contributed by atoms with Gasteiger partial charge in [-0.05, 0) is 37.0 Å². The molecule has 3 nitrogen and oxygen atoms in total. The molecule has 0 amide bonds. The summed E-state index contributed by atoms with van der Waals surface area (Å²) >= 11 is 0. The largest absolute Gasteiger partial charge is 0.496 e. The maximum atomic E-state index is 13.1. The Morgan fingerprint density at radius 1 is 1.59 bits per heavy atom. The second kappa shape index (κ2) is 4.84. The van der Waals surface area contributed by atoms with Crippen LogP contribution in [0.25, 0.3) is 0 Å².